The first-order valence-corrected chi connectivity index (χ1v) is 13.3. The third-order valence-corrected chi connectivity index (χ3v) is 7.68. The number of likely N-dealkylation sites (tertiary alicyclic amines) is 1. The summed E-state index contributed by atoms with van der Waals surface area (Å²) in [7, 11) is 0. The monoisotopic (exact) mass is 470 g/mol. The first-order valence-electron chi connectivity index (χ1n) is 13.3. The molecule has 0 spiro atoms. The maximum Gasteiger partial charge on any atom is 0.225 e. The number of amides is 1. The Labute approximate surface area is 205 Å². The van der Waals surface area contributed by atoms with Crippen molar-refractivity contribution in [2.75, 3.05) is 39.4 Å². The average Bonchev–Trinajstić information content (AvgIpc) is 2.88. The van der Waals surface area contributed by atoms with Crippen molar-refractivity contribution in [3.05, 3.63) is 47.8 Å². The van der Waals surface area contributed by atoms with Crippen LogP contribution in [0.15, 0.2) is 47.8 Å². The third-order valence-electron chi connectivity index (χ3n) is 7.68. The van der Waals surface area contributed by atoms with Crippen molar-refractivity contribution in [1.82, 2.24) is 9.80 Å². The van der Waals surface area contributed by atoms with Gasteiger partial charge in [0.25, 0.3) is 0 Å². The van der Waals surface area contributed by atoms with Crippen LogP contribution in [0, 0.1) is 11.8 Å². The van der Waals surface area contributed by atoms with Crippen LogP contribution in [-0.2, 0) is 19.0 Å². The zero-order valence-electron chi connectivity index (χ0n) is 21.0. The van der Waals surface area contributed by atoms with E-state index in [-0.39, 0.29) is 5.92 Å². The number of rotatable bonds is 9. The molecule has 1 aliphatic carbocycles. The fraction of sp³-hybridized carbons (Fsp3) is 0.679. The number of hydrogen-bond acceptors (Lipinski definition) is 5. The summed E-state index contributed by atoms with van der Waals surface area (Å²) in [5.74, 6) is 2.98. The number of allylic oxidation sites excluding steroid dienone is 4. The summed E-state index contributed by atoms with van der Waals surface area (Å²) in [4.78, 5) is 17.5. The highest BCUT2D eigenvalue weighted by Crippen LogP contribution is 2.28. The van der Waals surface area contributed by atoms with E-state index in [2.05, 4.69) is 41.9 Å². The minimum absolute atomic E-state index is 0.174. The summed E-state index contributed by atoms with van der Waals surface area (Å²) in [6, 6.07) is 0.373. The second kappa shape index (κ2) is 12.6. The van der Waals surface area contributed by atoms with Gasteiger partial charge in [-0.25, -0.2) is 0 Å². The van der Waals surface area contributed by atoms with Gasteiger partial charge in [-0.15, -0.1) is 0 Å². The first kappa shape index (κ1) is 25.1. The van der Waals surface area contributed by atoms with Gasteiger partial charge in [0.1, 0.15) is 24.0 Å². The van der Waals surface area contributed by atoms with Gasteiger partial charge in [-0.05, 0) is 57.9 Å². The van der Waals surface area contributed by atoms with Gasteiger partial charge in [-0.1, -0.05) is 30.7 Å². The Morgan fingerprint density at radius 3 is 2.62 bits per heavy atom. The minimum Gasteiger partial charge on any atom is -0.466 e. The van der Waals surface area contributed by atoms with E-state index < -0.39 is 0 Å². The number of nitrogens with zero attached hydrogens (tertiary/aromatic N) is 2. The summed E-state index contributed by atoms with van der Waals surface area (Å²) in [6.07, 6.45) is 17.8. The quantitative estimate of drug-likeness (QED) is 0.467. The van der Waals surface area contributed by atoms with Gasteiger partial charge in [0.2, 0.25) is 5.91 Å². The topological polar surface area (TPSA) is 51.2 Å². The molecule has 4 rings (SSSR count). The molecule has 6 nitrogen and oxygen atoms in total. The smallest absolute Gasteiger partial charge is 0.225 e. The van der Waals surface area contributed by atoms with Crippen LogP contribution in [0.4, 0.5) is 0 Å². The van der Waals surface area contributed by atoms with Crippen LogP contribution in [-0.4, -0.2) is 61.1 Å². The first-order chi connectivity index (χ1) is 16.6. The Balaban J connectivity index is 1.20. The van der Waals surface area contributed by atoms with E-state index in [0.29, 0.717) is 17.9 Å². The molecule has 3 heterocycles. The molecule has 188 valence electrons. The molecular formula is C28H42N2O4. The van der Waals surface area contributed by atoms with E-state index in [0.717, 1.165) is 102 Å². The number of piperidine rings is 1. The Morgan fingerprint density at radius 1 is 1.15 bits per heavy atom. The van der Waals surface area contributed by atoms with E-state index in [9.17, 15) is 4.79 Å². The van der Waals surface area contributed by atoms with Gasteiger partial charge in [0.15, 0.2) is 0 Å². The second-order valence-corrected chi connectivity index (χ2v) is 10.2. The lowest BCUT2D eigenvalue weighted by atomic mass is 9.92. The summed E-state index contributed by atoms with van der Waals surface area (Å²) in [6.45, 7) is 9.86. The van der Waals surface area contributed by atoms with E-state index in [1.54, 1.807) is 12.5 Å². The fourth-order valence-electron chi connectivity index (χ4n) is 5.50. The molecule has 3 aliphatic heterocycles. The zero-order valence-corrected chi connectivity index (χ0v) is 21.0. The summed E-state index contributed by atoms with van der Waals surface area (Å²) in [5.41, 5.74) is 1.39. The Morgan fingerprint density at radius 2 is 1.91 bits per heavy atom. The van der Waals surface area contributed by atoms with Crippen LogP contribution in [0.25, 0.3) is 0 Å². The standard InChI is InChI=1S/C28H42N2O4/c1-3-29(19-24-9-13-30(14-10-24)28(31)25-11-15-32-16-12-25)22(2)17-26-20-33-21-27(34-26)18-23-7-5-4-6-8-23/h4-5,7,20-22,24-25H,3,6,8-19H2,1-2H3. The van der Waals surface area contributed by atoms with Crippen molar-refractivity contribution >= 4 is 5.91 Å². The van der Waals surface area contributed by atoms with Gasteiger partial charge in [0.05, 0.1) is 0 Å². The van der Waals surface area contributed by atoms with Crippen molar-refractivity contribution < 1.29 is 19.0 Å². The van der Waals surface area contributed by atoms with E-state index in [4.69, 9.17) is 14.2 Å². The van der Waals surface area contributed by atoms with E-state index in [1.807, 2.05) is 0 Å². The van der Waals surface area contributed by atoms with Crippen molar-refractivity contribution in [3.63, 3.8) is 0 Å². The van der Waals surface area contributed by atoms with Gasteiger partial charge >= 0.3 is 0 Å². The molecule has 1 amide bonds. The van der Waals surface area contributed by atoms with Gasteiger partial charge < -0.3 is 24.0 Å². The van der Waals surface area contributed by atoms with Crippen molar-refractivity contribution in [2.45, 2.75) is 71.3 Å². The fourth-order valence-corrected chi connectivity index (χ4v) is 5.50. The largest absolute Gasteiger partial charge is 0.466 e. The summed E-state index contributed by atoms with van der Waals surface area (Å²) >= 11 is 0. The third kappa shape index (κ3) is 6.98. The highest BCUT2D eigenvalue weighted by atomic mass is 16.5. The number of ether oxygens (including phenoxy) is 3. The SMILES string of the molecule is CCN(CC1CCN(C(=O)C2CCOCC2)CC1)C(C)CC1=COC=C(CC2=CC=CCC2)O1. The van der Waals surface area contributed by atoms with E-state index in [1.165, 1.54) is 5.57 Å². The molecular weight excluding hydrogens is 428 g/mol. The molecule has 0 aromatic rings. The lowest BCUT2D eigenvalue weighted by Crippen LogP contribution is -2.46. The maximum absolute atomic E-state index is 12.8. The molecule has 0 saturated carbocycles. The molecule has 0 radical (unpaired) electrons. The number of carbonyl (C=O) groups is 1. The molecule has 0 bridgehead atoms. The molecule has 0 N–H and O–H groups in total. The van der Waals surface area contributed by atoms with Crippen LogP contribution in [0.5, 0.6) is 0 Å². The van der Waals surface area contributed by atoms with Crippen LogP contribution >= 0.6 is 0 Å². The molecule has 0 aromatic carbocycles. The highest BCUT2D eigenvalue weighted by Gasteiger charge is 2.30. The molecule has 1 atom stereocenters. The Hall–Kier alpha value is -2.05. The molecule has 1 unspecified atom stereocenters. The molecule has 34 heavy (non-hydrogen) atoms. The molecule has 2 saturated heterocycles. The number of carbonyl (C=O) groups excluding carboxylic acids is 1. The number of hydrogen-bond donors (Lipinski definition) is 0. The van der Waals surface area contributed by atoms with Gasteiger partial charge in [0, 0.05) is 57.6 Å². The van der Waals surface area contributed by atoms with Crippen LogP contribution in [0.2, 0.25) is 0 Å². The molecule has 6 heteroatoms. The molecule has 0 aromatic heterocycles. The lowest BCUT2D eigenvalue weighted by molar-refractivity contribution is -0.140. The lowest BCUT2D eigenvalue weighted by Gasteiger charge is -2.38. The second-order valence-electron chi connectivity index (χ2n) is 10.2. The summed E-state index contributed by atoms with van der Waals surface area (Å²) < 4.78 is 17.2. The zero-order chi connectivity index (χ0) is 23.8. The normalized spacial score (nSPS) is 23.0. The maximum atomic E-state index is 12.8. The van der Waals surface area contributed by atoms with Crippen molar-refractivity contribution in [1.29, 1.82) is 0 Å². The van der Waals surface area contributed by atoms with Crippen molar-refractivity contribution in [2.24, 2.45) is 11.8 Å². The minimum atomic E-state index is 0.174. The van der Waals surface area contributed by atoms with Crippen LogP contribution < -0.4 is 0 Å². The predicted molar refractivity (Wildman–Crippen MR) is 134 cm³/mol. The van der Waals surface area contributed by atoms with E-state index >= 15 is 0 Å². The van der Waals surface area contributed by atoms with Crippen molar-refractivity contribution in [3.8, 4) is 0 Å². The van der Waals surface area contributed by atoms with Gasteiger partial charge in [-0.2, -0.15) is 0 Å². The molecule has 2 fully saturated rings. The average molecular weight is 471 g/mol. The van der Waals surface area contributed by atoms with Gasteiger partial charge in [-0.3, -0.25) is 4.79 Å². The van der Waals surface area contributed by atoms with Crippen LogP contribution in [0.1, 0.15) is 65.2 Å². The summed E-state index contributed by atoms with van der Waals surface area (Å²) in [5, 5.41) is 0. The Bertz CT molecular complexity index is 801. The van der Waals surface area contributed by atoms with Crippen LogP contribution in [0.3, 0.4) is 0 Å². The Kier molecular flexibility index (Phi) is 9.28. The molecule has 4 aliphatic rings. The highest BCUT2D eigenvalue weighted by molar-refractivity contribution is 5.79. The predicted octanol–water partition coefficient (Wildman–Crippen LogP) is 5.15.